The van der Waals surface area contributed by atoms with Crippen LogP contribution in [0.15, 0.2) is 75.1 Å². The molecule has 1 heterocycles. The fourth-order valence-electron chi connectivity index (χ4n) is 2.53. The van der Waals surface area contributed by atoms with E-state index in [-0.39, 0.29) is 5.57 Å². The Hall–Kier alpha value is -3.30. The van der Waals surface area contributed by atoms with Crippen LogP contribution in [0.2, 0.25) is 0 Å². The van der Waals surface area contributed by atoms with Crippen molar-refractivity contribution in [1.82, 2.24) is 0 Å². The summed E-state index contributed by atoms with van der Waals surface area (Å²) < 4.78 is 12.2. The third-order valence-electron chi connectivity index (χ3n) is 3.84. The summed E-state index contributed by atoms with van der Waals surface area (Å²) in [6.07, 6.45) is 1.42. The molecule has 1 amide bonds. The molecule has 0 unspecified atom stereocenters. The summed E-state index contributed by atoms with van der Waals surface area (Å²) in [7, 11) is 0. The average molecular weight is 437 g/mol. The third kappa shape index (κ3) is 4.70. The Bertz CT molecular complexity index is 1050. The zero-order chi connectivity index (χ0) is 19.9. The summed E-state index contributed by atoms with van der Waals surface area (Å²) in [6.45, 7) is 2.33. The topological polar surface area (TPSA) is 75.3 Å². The van der Waals surface area contributed by atoms with E-state index in [0.29, 0.717) is 29.6 Å². The highest BCUT2D eigenvalue weighted by molar-refractivity contribution is 9.10. The van der Waals surface area contributed by atoms with Gasteiger partial charge in [-0.05, 0) is 43.3 Å². The minimum Gasteiger partial charge on any atom is -0.492 e. The first-order valence-electron chi connectivity index (χ1n) is 8.61. The molecule has 3 aromatic rings. The Morgan fingerprint density at radius 1 is 1.18 bits per heavy atom. The molecule has 1 aromatic heterocycles. The molecule has 3 rings (SSSR count). The molecule has 0 atom stereocenters. The van der Waals surface area contributed by atoms with Crippen LogP contribution in [0.5, 0.6) is 5.75 Å². The summed E-state index contributed by atoms with van der Waals surface area (Å²) in [5.74, 6) is 1.09. The first-order valence-corrected chi connectivity index (χ1v) is 9.40. The maximum Gasteiger partial charge on any atom is 0.266 e. The second-order valence-corrected chi connectivity index (χ2v) is 6.68. The van der Waals surface area contributed by atoms with Crippen molar-refractivity contribution >= 4 is 33.6 Å². The molecule has 5 nitrogen and oxygen atoms in total. The molecule has 0 saturated carbocycles. The molecule has 0 aliphatic heterocycles. The van der Waals surface area contributed by atoms with E-state index in [1.807, 2.05) is 43.3 Å². The van der Waals surface area contributed by atoms with Crippen molar-refractivity contribution in [1.29, 1.82) is 5.26 Å². The third-order valence-corrected chi connectivity index (χ3v) is 4.37. The second kappa shape index (κ2) is 9.07. The van der Waals surface area contributed by atoms with Gasteiger partial charge in [-0.3, -0.25) is 4.79 Å². The van der Waals surface area contributed by atoms with Gasteiger partial charge in [0, 0.05) is 16.1 Å². The van der Waals surface area contributed by atoms with Crippen molar-refractivity contribution in [3.05, 3.63) is 76.5 Å². The molecule has 1 N–H and O–H groups in total. The molecular weight excluding hydrogens is 420 g/mol. The molecule has 0 bridgehead atoms. The van der Waals surface area contributed by atoms with Crippen LogP contribution in [0.3, 0.4) is 0 Å². The Morgan fingerprint density at radius 2 is 1.93 bits per heavy atom. The molecule has 0 aliphatic carbocycles. The maximum absolute atomic E-state index is 12.5. The minimum absolute atomic E-state index is 0.0667. The van der Waals surface area contributed by atoms with Crippen molar-refractivity contribution in [2.24, 2.45) is 0 Å². The number of para-hydroxylation sites is 2. The number of carbonyl (C=O) groups excluding carboxylic acids is 1. The first kappa shape index (κ1) is 19.5. The van der Waals surface area contributed by atoms with E-state index in [4.69, 9.17) is 9.15 Å². The monoisotopic (exact) mass is 436 g/mol. The predicted molar refractivity (Wildman–Crippen MR) is 112 cm³/mol. The van der Waals surface area contributed by atoms with Gasteiger partial charge in [0.1, 0.15) is 28.9 Å². The lowest BCUT2D eigenvalue weighted by Gasteiger charge is -2.10. The van der Waals surface area contributed by atoms with E-state index in [0.717, 1.165) is 10.0 Å². The SMILES string of the molecule is CCOc1ccccc1NC(=O)/C(C#N)=C/c1ccc(-c2ccc(Br)cc2)o1. The van der Waals surface area contributed by atoms with Crippen molar-refractivity contribution in [3.63, 3.8) is 0 Å². The summed E-state index contributed by atoms with van der Waals surface area (Å²) >= 11 is 3.39. The van der Waals surface area contributed by atoms with Gasteiger partial charge in [0.2, 0.25) is 0 Å². The van der Waals surface area contributed by atoms with E-state index < -0.39 is 5.91 Å². The Morgan fingerprint density at radius 3 is 2.64 bits per heavy atom. The van der Waals surface area contributed by atoms with E-state index in [1.165, 1.54) is 6.08 Å². The summed E-state index contributed by atoms with van der Waals surface area (Å²) in [5, 5.41) is 12.1. The van der Waals surface area contributed by atoms with Crippen LogP contribution in [-0.4, -0.2) is 12.5 Å². The molecule has 28 heavy (non-hydrogen) atoms. The summed E-state index contributed by atoms with van der Waals surface area (Å²) in [4.78, 5) is 12.5. The molecule has 0 radical (unpaired) electrons. The van der Waals surface area contributed by atoms with Crippen LogP contribution in [0.4, 0.5) is 5.69 Å². The van der Waals surface area contributed by atoms with Crippen molar-refractivity contribution in [2.45, 2.75) is 6.92 Å². The Kier molecular flexibility index (Phi) is 6.30. The summed E-state index contributed by atoms with van der Waals surface area (Å²) in [5.41, 5.74) is 1.34. The number of halogens is 1. The van der Waals surface area contributed by atoms with Gasteiger partial charge in [0.25, 0.3) is 5.91 Å². The van der Waals surface area contributed by atoms with E-state index in [2.05, 4.69) is 21.2 Å². The van der Waals surface area contributed by atoms with Gasteiger partial charge in [0.15, 0.2) is 0 Å². The molecule has 2 aromatic carbocycles. The van der Waals surface area contributed by atoms with Crippen LogP contribution in [0.25, 0.3) is 17.4 Å². The quantitative estimate of drug-likeness (QED) is 0.399. The number of nitrogens with one attached hydrogen (secondary N) is 1. The predicted octanol–water partition coefficient (Wildman–Crippen LogP) is 5.65. The molecule has 0 saturated heterocycles. The first-order chi connectivity index (χ1) is 13.6. The zero-order valence-corrected chi connectivity index (χ0v) is 16.7. The van der Waals surface area contributed by atoms with Gasteiger partial charge in [-0.15, -0.1) is 0 Å². The number of ether oxygens (including phenoxy) is 1. The maximum atomic E-state index is 12.5. The van der Waals surface area contributed by atoms with Crippen molar-refractivity contribution < 1.29 is 13.9 Å². The number of nitrogens with zero attached hydrogens (tertiary/aromatic N) is 1. The number of furan rings is 1. The highest BCUT2D eigenvalue weighted by Crippen LogP contribution is 2.26. The Balaban J connectivity index is 1.80. The van der Waals surface area contributed by atoms with Crippen molar-refractivity contribution in [3.8, 4) is 23.1 Å². The number of amides is 1. The van der Waals surface area contributed by atoms with E-state index in [1.54, 1.807) is 30.3 Å². The fraction of sp³-hybridized carbons (Fsp3) is 0.0909. The second-order valence-electron chi connectivity index (χ2n) is 5.76. The number of anilines is 1. The number of carbonyl (C=O) groups is 1. The van der Waals surface area contributed by atoms with Crippen LogP contribution in [-0.2, 0) is 4.79 Å². The van der Waals surface area contributed by atoms with Crippen LogP contribution in [0, 0.1) is 11.3 Å². The molecule has 0 spiro atoms. The minimum atomic E-state index is -0.531. The largest absolute Gasteiger partial charge is 0.492 e. The van der Waals surface area contributed by atoms with Gasteiger partial charge in [-0.25, -0.2) is 0 Å². The van der Waals surface area contributed by atoms with Gasteiger partial charge in [-0.2, -0.15) is 5.26 Å². The van der Waals surface area contributed by atoms with Gasteiger partial charge < -0.3 is 14.5 Å². The lowest BCUT2D eigenvalue weighted by atomic mass is 10.2. The number of hydrogen-bond donors (Lipinski definition) is 1. The lowest BCUT2D eigenvalue weighted by molar-refractivity contribution is -0.112. The molecular formula is C22H17BrN2O3. The highest BCUT2D eigenvalue weighted by Gasteiger charge is 2.13. The number of hydrogen-bond acceptors (Lipinski definition) is 4. The molecule has 0 fully saturated rings. The van der Waals surface area contributed by atoms with Gasteiger partial charge >= 0.3 is 0 Å². The van der Waals surface area contributed by atoms with Crippen LogP contribution < -0.4 is 10.1 Å². The number of benzene rings is 2. The number of rotatable bonds is 6. The standard InChI is InChI=1S/C22H17BrN2O3/c1-2-27-21-6-4-3-5-19(21)25-22(26)16(14-24)13-18-11-12-20(28-18)15-7-9-17(23)10-8-15/h3-13H,2H2,1H3,(H,25,26)/b16-13+. The number of nitriles is 1. The lowest BCUT2D eigenvalue weighted by Crippen LogP contribution is -2.14. The van der Waals surface area contributed by atoms with E-state index >= 15 is 0 Å². The van der Waals surface area contributed by atoms with Crippen molar-refractivity contribution in [2.75, 3.05) is 11.9 Å². The van der Waals surface area contributed by atoms with Crippen LogP contribution in [0.1, 0.15) is 12.7 Å². The van der Waals surface area contributed by atoms with Gasteiger partial charge in [0.05, 0.1) is 12.3 Å². The fourth-order valence-corrected chi connectivity index (χ4v) is 2.80. The smallest absolute Gasteiger partial charge is 0.266 e. The zero-order valence-electron chi connectivity index (χ0n) is 15.1. The highest BCUT2D eigenvalue weighted by atomic mass is 79.9. The van der Waals surface area contributed by atoms with Crippen LogP contribution >= 0.6 is 15.9 Å². The Labute approximate surface area is 171 Å². The van der Waals surface area contributed by atoms with E-state index in [9.17, 15) is 10.1 Å². The molecule has 6 heteroatoms. The molecule has 0 aliphatic rings. The average Bonchev–Trinajstić information content (AvgIpc) is 3.17. The van der Waals surface area contributed by atoms with Gasteiger partial charge in [-0.1, -0.05) is 40.2 Å². The normalized spacial score (nSPS) is 11.0. The summed E-state index contributed by atoms with van der Waals surface area (Å²) in [6, 6.07) is 20.2. The molecule has 140 valence electrons.